The van der Waals surface area contributed by atoms with E-state index < -0.39 is 14.9 Å². The van der Waals surface area contributed by atoms with E-state index in [1.54, 1.807) is 12.1 Å². The number of benzene rings is 2. The van der Waals surface area contributed by atoms with Crippen LogP contribution in [0.3, 0.4) is 0 Å². The molecule has 0 amide bonds. The number of sulfonamides is 1. The third kappa shape index (κ3) is 4.36. The Bertz CT molecular complexity index is 1090. The Labute approximate surface area is 154 Å². The molecule has 1 aromatic heterocycles. The van der Waals surface area contributed by atoms with Gasteiger partial charge in [0, 0.05) is 30.1 Å². The van der Waals surface area contributed by atoms with Crippen LogP contribution in [-0.4, -0.2) is 23.3 Å². The fourth-order valence-corrected chi connectivity index (χ4v) is 3.32. The largest absolute Gasteiger partial charge is 0.437 e. The summed E-state index contributed by atoms with van der Waals surface area (Å²) in [4.78, 5) is 18.1. The minimum atomic E-state index is -4.01. The monoisotopic (exact) mass is 386 g/mol. The van der Waals surface area contributed by atoms with Gasteiger partial charge >= 0.3 is 0 Å². The molecule has 0 atom stereocenters. The van der Waals surface area contributed by atoms with E-state index >= 15 is 0 Å². The SMILES string of the molecule is Cc1ccc(S(=O)(=O)Nc2cccc(Oc3cnccn3)c2)cc1[N+](=O)[O-]. The summed E-state index contributed by atoms with van der Waals surface area (Å²) in [5.74, 6) is 0.609. The molecule has 2 aromatic carbocycles. The van der Waals surface area contributed by atoms with E-state index in [-0.39, 0.29) is 22.2 Å². The van der Waals surface area contributed by atoms with Gasteiger partial charge in [-0.3, -0.25) is 19.8 Å². The van der Waals surface area contributed by atoms with Crippen molar-refractivity contribution in [3.63, 3.8) is 0 Å². The Hall–Kier alpha value is -3.53. The van der Waals surface area contributed by atoms with Crippen molar-refractivity contribution in [3.8, 4) is 11.6 Å². The Kier molecular flexibility index (Phi) is 4.99. The van der Waals surface area contributed by atoms with Crippen LogP contribution in [-0.2, 0) is 10.0 Å². The van der Waals surface area contributed by atoms with E-state index in [2.05, 4.69) is 14.7 Å². The second-order valence-corrected chi connectivity index (χ2v) is 7.17. The second kappa shape index (κ2) is 7.38. The predicted octanol–water partition coefficient (Wildman–Crippen LogP) is 3.29. The Morgan fingerprint density at radius 2 is 1.96 bits per heavy atom. The molecule has 0 aliphatic heterocycles. The van der Waals surface area contributed by atoms with Crippen molar-refractivity contribution >= 4 is 21.4 Å². The highest BCUT2D eigenvalue weighted by molar-refractivity contribution is 7.92. The molecule has 10 heteroatoms. The average molecular weight is 386 g/mol. The number of nitro benzene ring substituents is 1. The minimum Gasteiger partial charge on any atom is -0.437 e. The summed E-state index contributed by atoms with van der Waals surface area (Å²) in [6, 6.07) is 9.95. The predicted molar refractivity (Wildman–Crippen MR) is 97.2 cm³/mol. The van der Waals surface area contributed by atoms with Crippen LogP contribution in [0, 0.1) is 17.0 Å². The molecule has 0 radical (unpaired) electrons. The standard InChI is InChI=1S/C17H14N4O5S/c1-12-5-6-15(10-16(12)21(22)23)27(24,25)20-13-3-2-4-14(9-13)26-17-11-18-7-8-19-17/h2-11,20H,1H3. The van der Waals surface area contributed by atoms with Crippen molar-refractivity contribution in [2.45, 2.75) is 11.8 Å². The van der Waals surface area contributed by atoms with Crippen LogP contribution in [0.1, 0.15) is 5.56 Å². The van der Waals surface area contributed by atoms with E-state index in [1.807, 2.05) is 0 Å². The zero-order valence-electron chi connectivity index (χ0n) is 14.1. The van der Waals surface area contributed by atoms with Crippen LogP contribution in [0.2, 0.25) is 0 Å². The van der Waals surface area contributed by atoms with Crippen molar-refractivity contribution in [2.24, 2.45) is 0 Å². The molecule has 0 unspecified atom stereocenters. The van der Waals surface area contributed by atoms with Crippen LogP contribution in [0.25, 0.3) is 0 Å². The van der Waals surface area contributed by atoms with Crippen LogP contribution in [0.15, 0.2) is 66.0 Å². The Morgan fingerprint density at radius 3 is 2.67 bits per heavy atom. The maximum absolute atomic E-state index is 12.6. The molecule has 0 aliphatic carbocycles. The molecule has 0 fully saturated rings. The molecule has 0 saturated heterocycles. The molecule has 3 aromatic rings. The highest BCUT2D eigenvalue weighted by Crippen LogP contribution is 2.26. The van der Waals surface area contributed by atoms with Crippen LogP contribution in [0.4, 0.5) is 11.4 Å². The van der Waals surface area contributed by atoms with Gasteiger partial charge in [-0.2, -0.15) is 0 Å². The summed E-state index contributed by atoms with van der Waals surface area (Å²) in [5.41, 5.74) is 0.343. The van der Waals surface area contributed by atoms with Crippen molar-refractivity contribution in [1.29, 1.82) is 0 Å². The van der Waals surface area contributed by atoms with Crippen molar-refractivity contribution < 1.29 is 18.1 Å². The lowest BCUT2D eigenvalue weighted by molar-refractivity contribution is -0.385. The number of aromatic nitrogens is 2. The van der Waals surface area contributed by atoms with Crippen molar-refractivity contribution in [2.75, 3.05) is 4.72 Å². The van der Waals surface area contributed by atoms with Gasteiger partial charge in [-0.05, 0) is 25.1 Å². The molecule has 1 N–H and O–H groups in total. The zero-order valence-corrected chi connectivity index (χ0v) is 14.9. The molecule has 1 heterocycles. The summed E-state index contributed by atoms with van der Waals surface area (Å²) in [5, 5.41) is 11.0. The number of hydrogen-bond acceptors (Lipinski definition) is 7. The lowest BCUT2D eigenvalue weighted by Gasteiger charge is -2.10. The summed E-state index contributed by atoms with van der Waals surface area (Å²) < 4.78 is 33.0. The topological polar surface area (TPSA) is 124 Å². The first kappa shape index (κ1) is 18.3. The highest BCUT2D eigenvalue weighted by Gasteiger charge is 2.20. The summed E-state index contributed by atoms with van der Waals surface area (Å²) in [6.45, 7) is 1.54. The lowest BCUT2D eigenvalue weighted by Crippen LogP contribution is -2.13. The molecular formula is C17H14N4O5S. The zero-order chi connectivity index (χ0) is 19.4. The van der Waals surface area contributed by atoms with Gasteiger partial charge in [0.2, 0.25) is 5.88 Å². The molecule has 27 heavy (non-hydrogen) atoms. The quantitative estimate of drug-likeness (QED) is 0.509. The Morgan fingerprint density at radius 1 is 1.15 bits per heavy atom. The Balaban J connectivity index is 1.85. The van der Waals surface area contributed by atoms with Gasteiger partial charge in [-0.1, -0.05) is 12.1 Å². The summed E-state index contributed by atoms with van der Waals surface area (Å²) in [6.07, 6.45) is 4.38. The highest BCUT2D eigenvalue weighted by atomic mass is 32.2. The first-order valence-corrected chi connectivity index (χ1v) is 9.15. The van der Waals surface area contributed by atoms with Crippen LogP contribution < -0.4 is 9.46 Å². The third-order valence-corrected chi connectivity index (χ3v) is 4.91. The first-order chi connectivity index (χ1) is 12.8. The number of nitrogens with zero attached hydrogens (tertiary/aromatic N) is 3. The van der Waals surface area contributed by atoms with Gasteiger partial charge in [0.05, 0.1) is 21.7 Å². The maximum Gasteiger partial charge on any atom is 0.273 e. The molecule has 0 aliphatic rings. The van der Waals surface area contributed by atoms with Gasteiger partial charge < -0.3 is 4.74 Å². The summed E-state index contributed by atoms with van der Waals surface area (Å²) >= 11 is 0. The van der Waals surface area contributed by atoms with Gasteiger partial charge in [0.25, 0.3) is 15.7 Å². The molecule has 138 valence electrons. The van der Waals surface area contributed by atoms with Gasteiger partial charge in [0.1, 0.15) is 5.75 Å². The average Bonchev–Trinajstić information content (AvgIpc) is 2.62. The van der Waals surface area contributed by atoms with Gasteiger partial charge in [-0.25, -0.2) is 13.4 Å². The minimum absolute atomic E-state index is 0.208. The van der Waals surface area contributed by atoms with Crippen LogP contribution in [0.5, 0.6) is 11.6 Å². The molecule has 0 saturated carbocycles. The molecule has 0 spiro atoms. The van der Waals surface area contributed by atoms with Crippen LogP contribution >= 0.6 is 0 Å². The van der Waals surface area contributed by atoms with E-state index in [0.717, 1.165) is 6.07 Å². The fraction of sp³-hybridized carbons (Fsp3) is 0.0588. The third-order valence-electron chi connectivity index (χ3n) is 3.54. The molecule has 3 rings (SSSR count). The summed E-state index contributed by atoms with van der Waals surface area (Å²) in [7, 11) is -4.01. The smallest absolute Gasteiger partial charge is 0.273 e. The maximum atomic E-state index is 12.6. The van der Waals surface area contributed by atoms with Gasteiger partial charge in [-0.15, -0.1) is 0 Å². The number of aryl methyl sites for hydroxylation is 1. The number of ether oxygens (including phenoxy) is 1. The fourth-order valence-electron chi connectivity index (χ4n) is 2.25. The lowest BCUT2D eigenvalue weighted by atomic mass is 10.2. The normalized spacial score (nSPS) is 11.0. The molecule has 0 bridgehead atoms. The number of rotatable bonds is 6. The van der Waals surface area contributed by atoms with E-state index in [9.17, 15) is 18.5 Å². The molecular weight excluding hydrogens is 372 g/mol. The van der Waals surface area contributed by atoms with E-state index in [1.165, 1.54) is 49.8 Å². The second-order valence-electron chi connectivity index (χ2n) is 5.48. The number of nitro groups is 1. The molecule has 9 nitrogen and oxygen atoms in total. The number of hydrogen-bond donors (Lipinski definition) is 1. The van der Waals surface area contributed by atoms with E-state index in [4.69, 9.17) is 4.74 Å². The number of nitrogens with one attached hydrogen (secondary N) is 1. The number of anilines is 1. The van der Waals surface area contributed by atoms with E-state index in [0.29, 0.717) is 11.3 Å². The first-order valence-electron chi connectivity index (χ1n) is 7.67. The van der Waals surface area contributed by atoms with Crippen molar-refractivity contribution in [3.05, 3.63) is 76.7 Å². The van der Waals surface area contributed by atoms with Crippen molar-refractivity contribution in [1.82, 2.24) is 9.97 Å². The van der Waals surface area contributed by atoms with Gasteiger partial charge in [0.15, 0.2) is 0 Å².